The molecule has 4 nitrogen and oxygen atoms in total. The Morgan fingerprint density at radius 2 is 1.08 bits per heavy atom. The van der Waals surface area contributed by atoms with Gasteiger partial charge >= 0.3 is 11.9 Å². The fraction of sp³-hybridized carbons (Fsp3) is 0.697. The van der Waals surface area contributed by atoms with Gasteiger partial charge in [0.05, 0.1) is 0 Å². The number of carbonyl (C=O) groups excluding carboxylic acids is 2. The van der Waals surface area contributed by atoms with E-state index in [0.717, 1.165) is 29.2 Å². The monoisotopic (exact) mass is 500 g/mol. The summed E-state index contributed by atoms with van der Waals surface area (Å²) in [6, 6.07) is 10.1. The minimum Gasteiger partial charge on any atom is -0.461 e. The highest BCUT2D eigenvalue weighted by Gasteiger charge is 2.69. The Bertz CT molecular complexity index is 993. The standard InChI is InChI=1S/C33H40O4/c34-31(36-29-24-10-20-8-21(12-24)13-25(29)11-20)33(18-28(33)7-6-19-4-2-1-3-5-19)32(35)37-30-26-14-22-9-23(16-26)17-27(30)15-22/h1-7,20-30H,8-18H2/b7-6+. The lowest BCUT2D eigenvalue weighted by Gasteiger charge is -2.54. The molecule has 1 aromatic carbocycles. The van der Waals surface area contributed by atoms with Crippen LogP contribution in [0.5, 0.6) is 0 Å². The van der Waals surface area contributed by atoms with Gasteiger partial charge in [0.25, 0.3) is 0 Å². The van der Waals surface area contributed by atoms with E-state index in [9.17, 15) is 9.59 Å². The number of carbonyl (C=O) groups is 2. The zero-order valence-corrected chi connectivity index (χ0v) is 21.8. The molecule has 0 aromatic heterocycles. The van der Waals surface area contributed by atoms with Crippen LogP contribution in [0.15, 0.2) is 36.4 Å². The van der Waals surface area contributed by atoms with Crippen molar-refractivity contribution >= 4 is 18.0 Å². The van der Waals surface area contributed by atoms with Gasteiger partial charge in [-0.25, -0.2) is 0 Å². The third kappa shape index (κ3) is 3.75. The van der Waals surface area contributed by atoms with Gasteiger partial charge in [-0.2, -0.15) is 0 Å². The molecule has 0 saturated heterocycles. The lowest BCUT2D eigenvalue weighted by molar-refractivity contribution is -0.192. The summed E-state index contributed by atoms with van der Waals surface area (Å²) in [5.74, 6) is 4.58. The average molecular weight is 501 g/mol. The summed E-state index contributed by atoms with van der Waals surface area (Å²) < 4.78 is 12.8. The van der Waals surface area contributed by atoms with Gasteiger partial charge in [-0.3, -0.25) is 9.59 Å². The fourth-order valence-electron chi connectivity index (χ4n) is 10.5. The highest BCUT2D eigenvalue weighted by Crippen LogP contribution is 2.60. The van der Waals surface area contributed by atoms with Gasteiger partial charge in [-0.05, 0) is 124 Å². The predicted octanol–water partition coefficient (Wildman–Crippen LogP) is 6.44. The highest BCUT2D eigenvalue weighted by molar-refractivity contribution is 6.04. The number of allylic oxidation sites excluding steroid dienone is 1. The Kier molecular flexibility index (Phi) is 5.22. The first-order valence-electron chi connectivity index (χ1n) is 15.2. The molecule has 9 saturated carbocycles. The SMILES string of the molecule is O=C(OC1C2CC3CC(C2)CC1C3)C1(C(=O)OC2C3CC4CC(C3)CC2C4)CC1/C=C/c1ccccc1. The van der Waals surface area contributed by atoms with Crippen LogP contribution in [0.25, 0.3) is 6.08 Å². The van der Waals surface area contributed by atoms with Gasteiger partial charge in [-0.15, -0.1) is 0 Å². The fourth-order valence-corrected chi connectivity index (χ4v) is 10.5. The molecule has 1 atom stereocenters. The third-order valence-electron chi connectivity index (χ3n) is 11.8. The van der Waals surface area contributed by atoms with Crippen LogP contribution in [0.1, 0.15) is 76.2 Å². The number of benzene rings is 1. The summed E-state index contributed by atoms with van der Waals surface area (Å²) in [6.45, 7) is 0. The number of ether oxygens (including phenoxy) is 2. The first kappa shape index (κ1) is 22.8. The Labute approximate surface area is 220 Å². The molecule has 0 amide bonds. The summed E-state index contributed by atoms with van der Waals surface area (Å²) in [6.07, 6.45) is 17.0. The molecule has 10 rings (SSSR count). The van der Waals surface area contributed by atoms with Gasteiger partial charge in [0.1, 0.15) is 12.2 Å². The van der Waals surface area contributed by atoms with E-state index in [1.54, 1.807) is 0 Å². The minimum atomic E-state index is -1.14. The van der Waals surface area contributed by atoms with Crippen molar-refractivity contribution in [2.24, 2.45) is 58.7 Å². The van der Waals surface area contributed by atoms with Crippen LogP contribution in [0.2, 0.25) is 0 Å². The maximum absolute atomic E-state index is 14.0. The highest BCUT2D eigenvalue weighted by atomic mass is 16.6. The van der Waals surface area contributed by atoms with Crippen molar-refractivity contribution in [3.8, 4) is 0 Å². The lowest BCUT2D eigenvalue weighted by atomic mass is 9.55. The normalized spacial score (nSPS) is 48.4. The number of esters is 2. The lowest BCUT2D eigenvalue weighted by Crippen LogP contribution is -2.52. The molecule has 1 aromatic rings. The minimum absolute atomic E-state index is 0.00509. The zero-order chi connectivity index (χ0) is 24.7. The van der Waals surface area contributed by atoms with Crippen molar-refractivity contribution in [2.45, 2.75) is 82.8 Å². The quantitative estimate of drug-likeness (QED) is 0.333. The van der Waals surface area contributed by atoms with Crippen molar-refractivity contribution in [3.05, 3.63) is 42.0 Å². The van der Waals surface area contributed by atoms with E-state index < -0.39 is 5.41 Å². The molecular formula is C33H40O4. The average Bonchev–Trinajstić information content (AvgIpc) is 3.62. The third-order valence-corrected chi connectivity index (χ3v) is 11.8. The van der Waals surface area contributed by atoms with E-state index in [1.807, 2.05) is 18.2 Å². The van der Waals surface area contributed by atoms with Crippen LogP contribution in [0.4, 0.5) is 0 Å². The molecule has 0 N–H and O–H groups in total. The molecule has 0 spiro atoms. The number of hydrogen-bond donors (Lipinski definition) is 0. The van der Waals surface area contributed by atoms with Gasteiger partial charge in [0.15, 0.2) is 5.41 Å². The topological polar surface area (TPSA) is 52.6 Å². The Balaban J connectivity index is 1.03. The van der Waals surface area contributed by atoms with Crippen LogP contribution in [0.3, 0.4) is 0 Å². The van der Waals surface area contributed by atoms with Crippen LogP contribution >= 0.6 is 0 Å². The Morgan fingerprint density at radius 1 is 0.649 bits per heavy atom. The molecule has 0 aliphatic heterocycles. The molecule has 0 radical (unpaired) electrons. The maximum Gasteiger partial charge on any atom is 0.324 e. The van der Waals surface area contributed by atoms with E-state index in [1.165, 1.54) is 64.2 Å². The molecule has 196 valence electrons. The summed E-state index contributed by atoms with van der Waals surface area (Å²) >= 11 is 0. The van der Waals surface area contributed by atoms with Crippen molar-refractivity contribution in [1.82, 2.24) is 0 Å². The van der Waals surface area contributed by atoms with Crippen LogP contribution in [-0.2, 0) is 19.1 Å². The second-order valence-corrected chi connectivity index (χ2v) is 14.2. The summed E-state index contributed by atoms with van der Waals surface area (Å²) in [4.78, 5) is 27.9. The largest absolute Gasteiger partial charge is 0.461 e. The van der Waals surface area contributed by atoms with Gasteiger partial charge in [0.2, 0.25) is 0 Å². The van der Waals surface area contributed by atoms with Crippen molar-refractivity contribution in [1.29, 1.82) is 0 Å². The Morgan fingerprint density at radius 3 is 1.51 bits per heavy atom. The van der Waals surface area contributed by atoms with Gasteiger partial charge in [-0.1, -0.05) is 42.5 Å². The number of rotatable bonds is 6. The van der Waals surface area contributed by atoms with E-state index in [-0.39, 0.29) is 30.1 Å². The summed E-state index contributed by atoms with van der Waals surface area (Å²) in [7, 11) is 0. The van der Waals surface area contributed by atoms with Crippen LogP contribution < -0.4 is 0 Å². The first-order chi connectivity index (χ1) is 18.0. The molecule has 0 heterocycles. The molecule has 4 heteroatoms. The summed E-state index contributed by atoms with van der Waals surface area (Å²) in [5, 5.41) is 0. The van der Waals surface area contributed by atoms with Crippen molar-refractivity contribution in [3.63, 3.8) is 0 Å². The first-order valence-corrected chi connectivity index (χ1v) is 15.2. The molecule has 37 heavy (non-hydrogen) atoms. The van der Waals surface area contributed by atoms with Crippen LogP contribution in [-0.4, -0.2) is 24.1 Å². The molecular weight excluding hydrogens is 460 g/mol. The molecule has 8 bridgehead atoms. The zero-order valence-electron chi connectivity index (χ0n) is 21.8. The van der Waals surface area contributed by atoms with Crippen molar-refractivity contribution < 1.29 is 19.1 Å². The second kappa shape index (κ2) is 8.45. The van der Waals surface area contributed by atoms with Gasteiger partial charge in [0, 0.05) is 5.92 Å². The predicted molar refractivity (Wildman–Crippen MR) is 140 cm³/mol. The smallest absolute Gasteiger partial charge is 0.324 e. The van der Waals surface area contributed by atoms with E-state index in [0.29, 0.717) is 30.1 Å². The second-order valence-electron chi connectivity index (χ2n) is 14.2. The van der Waals surface area contributed by atoms with Crippen LogP contribution in [0, 0.1) is 58.7 Å². The van der Waals surface area contributed by atoms with Crippen molar-refractivity contribution in [2.75, 3.05) is 0 Å². The summed E-state index contributed by atoms with van der Waals surface area (Å²) in [5.41, 5.74) is -0.0543. The van der Waals surface area contributed by atoms with E-state index in [4.69, 9.17) is 9.47 Å². The molecule has 1 unspecified atom stereocenters. The molecule has 9 aliphatic carbocycles. The van der Waals surface area contributed by atoms with E-state index in [2.05, 4.69) is 24.3 Å². The Hall–Kier alpha value is -2.10. The number of hydrogen-bond acceptors (Lipinski definition) is 4. The maximum atomic E-state index is 14.0. The van der Waals surface area contributed by atoms with E-state index >= 15 is 0 Å². The molecule has 9 aliphatic rings. The van der Waals surface area contributed by atoms with Gasteiger partial charge < -0.3 is 9.47 Å². The molecule has 9 fully saturated rings.